The van der Waals surface area contributed by atoms with Gasteiger partial charge in [0.2, 0.25) is 0 Å². The summed E-state index contributed by atoms with van der Waals surface area (Å²) in [6, 6.07) is 22.7. The molecule has 3 N–H and O–H groups in total. The Labute approximate surface area is 153 Å². The van der Waals surface area contributed by atoms with E-state index < -0.39 is 8.60 Å². The zero-order chi connectivity index (χ0) is 18.4. The maximum atomic E-state index is 12.6. The molecule has 1 unspecified atom stereocenters. The third-order valence-electron chi connectivity index (χ3n) is 4.06. The summed E-state index contributed by atoms with van der Waals surface area (Å²) in [6.45, 7) is 0.0208. The molecule has 0 aliphatic carbocycles. The average Bonchev–Trinajstić information content (AvgIpc) is 2.66. The molecule has 0 heterocycles. The van der Waals surface area contributed by atoms with Crippen molar-refractivity contribution in [3.63, 3.8) is 0 Å². The van der Waals surface area contributed by atoms with Crippen LogP contribution < -0.4 is 5.32 Å². The Kier molecular flexibility index (Phi) is 6.31. The number of hydrogen-bond donors (Lipinski definition) is 3. The molecule has 0 aromatic heterocycles. The molecule has 0 saturated carbocycles. The predicted octanol–water partition coefficient (Wildman–Crippen LogP) is 3.41. The van der Waals surface area contributed by atoms with Crippen molar-refractivity contribution < 1.29 is 19.1 Å². The highest BCUT2D eigenvalue weighted by Crippen LogP contribution is 2.24. The van der Waals surface area contributed by atoms with Gasteiger partial charge in [-0.25, -0.2) is 0 Å². The summed E-state index contributed by atoms with van der Waals surface area (Å²) in [5.41, 5.74) is 1.58. The van der Waals surface area contributed by atoms with Gasteiger partial charge in [-0.3, -0.25) is 4.79 Å². The zero-order valence-corrected chi connectivity index (χ0v) is 15.0. The van der Waals surface area contributed by atoms with Crippen molar-refractivity contribution in [2.75, 3.05) is 6.61 Å². The zero-order valence-electron chi connectivity index (χ0n) is 14.1. The standard InChI is InChI=1S/C20H20NO4P/c22-20(18-11-10-16-8-4-5-9-17(16)13-18)21-19(14-25-26(23)24)12-15-6-2-1-3-7-15/h1-11,13,19,23-24H,12,14H2,(H,21,22). The lowest BCUT2D eigenvalue weighted by atomic mass is 10.0. The highest BCUT2D eigenvalue weighted by atomic mass is 31.2. The van der Waals surface area contributed by atoms with Crippen LogP contribution in [0.4, 0.5) is 0 Å². The monoisotopic (exact) mass is 369 g/mol. The van der Waals surface area contributed by atoms with Crippen molar-refractivity contribution in [1.82, 2.24) is 5.32 Å². The fraction of sp³-hybridized carbons (Fsp3) is 0.150. The van der Waals surface area contributed by atoms with E-state index in [2.05, 4.69) is 5.32 Å². The minimum absolute atomic E-state index is 0.0208. The number of nitrogens with one attached hydrogen (secondary N) is 1. The summed E-state index contributed by atoms with van der Waals surface area (Å²) in [5.74, 6) is -0.222. The quantitative estimate of drug-likeness (QED) is 0.558. The van der Waals surface area contributed by atoms with Gasteiger partial charge in [-0.1, -0.05) is 60.7 Å². The van der Waals surface area contributed by atoms with Gasteiger partial charge in [-0.15, -0.1) is 0 Å². The van der Waals surface area contributed by atoms with Crippen LogP contribution in [-0.2, 0) is 10.9 Å². The van der Waals surface area contributed by atoms with Gasteiger partial charge in [-0.05, 0) is 34.9 Å². The minimum atomic E-state index is -2.46. The molecule has 1 amide bonds. The summed E-state index contributed by atoms with van der Waals surface area (Å²) in [7, 11) is -2.46. The normalized spacial score (nSPS) is 12.3. The van der Waals surface area contributed by atoms with E-state index in [0.717, 1.165) is 16.3 Å². The first kappa shape index (κ1) is 18.5. The second-order valence-electron chi connectivity index (χ2n) is 5.97. The summed E-state index contributed by atoms with van der Waals surface area (Å²) in [5, 5.41) is 4.99. The molecule has 6 heteroatoms. The van der Waals surface area contributed by atoms with Crippen LogP contribution in [0.3, 0.4) is 0 Å². The molecule has 0 spiro atoms. The van der Waals surface area contributed by atoms with Crippen molar-refractivity contribution >= 4 is 25.3 Å². The molecule has 134 valence electrons. The van der Waals surface area contributed by atoms with Crippen LogP contribution in [0.1, 0.15) is 15.9 Å². The van der Waals surface area contributed by atoms with Crippen molar-refractivity contribution in [1.29, 1.82) is 0 Å². The Morgan fingerprint density at radius 1 is 0.962 bits per heavy atom. The number of rotatable bonds is 7. The molecule has 5 nitrogen and oxygen atoms in total. The maximum absolute atomic E-state index is 12.6. The molecular weight excluding hydrogens is 349 g/mol. The Balaban J connectivity index is 1.74. The van der Waals surface area contributed by atoms with Crippen molar-refractivity contribution in [3.05, 3.63) is 83.9 Å². The van der Waals surface area contributed by atoms with Gasteiger partial charge in [0.25, 0.3) is 5.91 Å². The number of amides is 1. The van der Waals surface area contributed by atoms with Crippen LogP contribution >= 0.6 is 8.60 Å². The Morgan fingerprint density at radius 2 is 1.65 bits per heavy atom. The number of fused-ring (bicyclic) bond motifs is 1. The van der Waals surface area contributed by atoms with E-state index in [1.807, 2.05) is 66.7 Å². The summed E-state index contributed by atoms with van der Waals surface area (Å²) in [4.78, 5) is 30.7. The third kappa shape index (κ3) is 5.10. The van der Waals surface area contributed by atoms with Gasteiger partial charge in [0, 0.05) is 5.56 Å². The van der Waals surface area contributed by atoms with Crippen LogP contribution in [0.2, 0.25) is 0 Å². The van der Waals surface area contributed by atoms with Gasteiger partial charge in [0.15, 0.2) is 0 Å². The van der Waals surface area contributed by atoms with Gasteiger partial charge in [0.05, 0.1) is 12.6 Å². The molecule has 0 radical (unpaired) electrons. The molecule has 3 aromatic rings. The molecule has 3 rings (SSSR count). The van der Waals surface area contributed by atoms with Gasteiger partial charge < -0.3 is 19.6 Å². The number of carbonyl (C=O) groups excluding carboxylic acids is 1. The van der Waals surface area contributed by atoms with Crippen LogP contribution in [-0.4, -0.2) is 28.3 Å². The molecule has 0 saturated heterocycles. The number of hydrogen-bond acceptors (Lipinski definition) is 4. The highest BCUT2D eigenvalue weighted by Gasteiger charge is 2.17. The fourth-order valence-electron chi connectivity index (χ4n) is 2.81. The smallest absolute Gasteiger partial charge is 0.327 e. The summed E-state index contributed by atoms with van der Waals surface area (Å²) >= 11 is 0. The van der Waals surface area contributed by atoms with Crippen LogP contribution in [0.5, 0.6) is 0 Å². The van der Waals surface area contributed by atoms with Crippen LogP contribution in [0, 0.1) is 0 Å². The minimum Gasteiger partial charge on any atom is -0.347 e. The van der Waals surface area contributed by atoms with E-state index in [4.69, 9.17) is 14.3 Å². The Bertz CT molecular complexity index is 870. The van der Waals surface area contributed by atoms with Gasteiger partial charge in [0.1, 0.15) is 0 Å². The Morgan fingerprint density at radius 3 is 2.38 bits per heavy atom. The van der Waals surface area contributed by atoms with E-state index in [1.165, 1.54) is 0 Å². The topological polar surface area (TPSA) is 78.8 Å². The highest BCUT2D eigenvalue weighted by molar-refractivity contribution is 7.39. The van der Waals surface area contributed by atoms with E-state index in [9.17, 15) is 4.79 Å². The molecule has 0 bridgehead atoms. The first-order chi connectivity index (χ1) is 12.6. The first-order valence-corrected chi connectivity index (χ1v) is 9.43. The van der Waals surface area contributed by atoms with Crippen molar-refractivity contribution in [3.8, 4) is 0 Å². The molecule has 0 aliphatic rings. The lowest BCUT2D eigenvalue weighted by molar-refractivity contribution is 0.0917. The number of benzene rings is 3. The van der Waals surface area contributed by atoms with Crippen LogP contribution in [0.15, 0.2) is 72.8 Å². The molecule has 0 aliphatic heterocycles. The SMILES string of the molecule is O=C(NC(COP(O)O)Cc1ccccc1)c1ccc2ccccc2c1. The largest absolute Gasteiger partial charge is 0.347 e. The summed E-state index contributed by atoms with van der Waals surface area (Å²) < 4.78 is 4.94. The second kappa shape index (κ2) is 8.88. The molecule has 0 fully saturated rings. The first-order valence-electron chi connectivity index (χ1n) is 8.26. The van der Waals surface area contributed by atoms with E-state index >= 15 is 0 Å². The number of carbonyl (C=O) groups is 1. The molecular formula is C20H20NO4P. The van der Waals surface area contributed by atoms with Crippen molar-refractivity contribution in [2.45, 2.75) is 12.5 Å². The molecule has 26 heavy (non-hydrogen) atoms. The third-order valence-corrected chi connectivity index (χ3v) is 4.44. The summed E-state index contributed by atoms with van der Waals surface area (Å²) in [6.07, 6.45) is 0.531. The van der Waals surface area contributed by atoms with E-state index in [-0.39, 0.29) is 18.6 Å². The predicted molar refractivity (Wildman–Crippen MR) is 103 cm³/mol. The molecule has 3 aromatic carbocycles. The van der Waals surface area contributed by atoms with Crippen molar-refractivity contribution in [2.24, 2.45) is 0 Å². The lowest BCUT2D eigenvalue weighted by Gasteiger charge is -2.19. The van der Waals surface area contributed by atoms with E-state index in [0.29, 0.717) is 12.0 Å². The van der Waals surface area contributed by atoms with Crippen LogP contribution in [0.25, 0.3) is 10.8 Å². The van der Waals surface area contributed by atoms with Gasteiger partial charge in [-0.2, -0.15) is 0 Å². The lowest BCUT2D eigenvalue weighted by Crippen LogP contribution is -2.39. The molecule has 1 atom stereocenters. The van der Waals surface area contributed by atoms with E-state index in [1.54, 1.807) is 6.07 Å². The second-order valence-corrected chi connectivity index (χ2v) is 6.73. The average molecular weight is 369 g/mol. The maximum Gasteiger partial charge on any atom is 0.327 e. The fourth-order valence-corrected chi connectivity index (χ4v) is 3.12. The Hall–Kier alpha value is -2.30. The van der Waals surface area contributed by atoms with Gasteiger partial charge >= 0.3 is 8.60 Å².